The second-order valence-corrected chi connectivity index (χ2v) is 5.69. The zero-order valence-corrected chi connectivity index (χ0v) is 12.4. The van der Waals surface area contributed by atoms with Crippen LogP contribution in [-0.4, -0.2) is 26.7 Å². The number of hydrogen-bond acceptors (Lipinski definition) is 6. The van der Waals surface area contributed by atoms with Crippen molar-refractivity contribution in [2.75, 3.05) is 11.5 Å². The number of nitrogens with one attached hydrogen (secondary N) is 1. The first-order valence-electron chi connectivity index (χ1n) is 5.38. The first kappa shape index (κ1) is 15.9. The molecule has 102 valence electrons. The van der Waals surface area contributed by atoms with Crippen LogP contribution in [-0.2, 0) is 0 Å². The first-order valence-corrected chi connectivity index (χ1v) is 7.40. The van der Waals surface area contributed by atoms with Crippen LogP contribution in [0, 0.1) is 10.1 Å². The van der Waals surface area contributed by atoms with Gasteiger partial charge in [-0.15, -0.1) is 0 Å². The molecule has 0 aromatic heterocycles. The van der Waals surface area contributed by atoms with Crippen molar-refractivity contribution < 1.29 is 9.72 Å². The van der Waals surface area contributed by atoms with Gasteiger partial charge in [0, 0.05) is 23.4 Å². The molecule has 5 nitrogen and oxygen atoms in total. The van der Waals surface area contributed by atoms with E-state index in [1.165, 1.54) is 36.0 Å². The fourth-order valence-electron chi connectivity index (χ4n) is 1.16. The molecule has 0 aliphatic carbocycles. The van der Waals surface area contributed by atoms with Gasteiger partial charge in [0.15, 0.2) is 0 Å². The summed E-state index contributed by atoms with van der Waals surface area (Å²) in [6.45, 7) is 0. The molecule has 0 heterocycles. The van der Waals surface area contributed by atoms with Crippen molar-refractivity contribution in [2.24, 2.45) is 0 Å². The SMILES string of the molecule is O=C(NC(=S)SCCCS)c1ccc([N+](=O)[O-])cc1. The molecule has 0 spiro atoms. The van der Waals surface area contributed by atoms with Crippen molar-refractivity contribution in [3.8, 4) is 0 Å². The Morgan fingerprint density at radius 2 is 2.05 bits per heavy atom. The summed E-state index contributed by atoms with van der Waals surface area (Å²) in [6.07, 6.45) is 0.904. The van der Waals surface area contributed by atoms with Crippen molar-refractivity contribution >= 4 is 52.5 Å². The maximum absolute atomic E-state index is 11.8. The average Bonchev–Trinajstić information content (AvgIpc) is 2.39. The Morgan fingerprint density at radius 1 is 1.42 bits per heavy atom. The monoisotopic (exact) mass is 316 g/mol. The molecular formula is C11H12N2O3S3. The van der Waals surface area contributed by atoms with Crippen LogP contribution in [0.4, 0.5) is 5.69 Å². The molecule has 19 heavy (non-hydrogen) atoms. The second kappa shape index (κ2) is 8.13. The van der Waals surface area contributed by atoms with E-state index in [-0.39, 0.29) is 11.6 Å². The van der Waals surface area contributed by atoms with E-state index in [4.69, 9.17) is 12.2 Å². The summed E-state index contributed by atoms with van der Waals surface area (Å²) < 4.78 is 0.394. The standard InChI is InChI=1S/C11H12N2O3S3/c14-10(12-11(18)19-7-1-6-17)8-2-4-9(5-3-8)13(15)16/h2-5,17H,1,6-7H2,(H,12,14,18). The topological polar surface area (TPSA) is 72.2 Å². The number of nitrogens with zero attached hydrogens (tertiary/aromatic N) is 1. The Kier molecular flexibility index (Phi) is 6.82. The molecular weight excluding hydrogens is 304 g/mol. The largest absolute Gasteiger partial charge is 0.308 e. The molecule has 0 bridgehead atoms. The minimum Gasteiger partial charge on any atom is -0.308 e. The maximum Gasteiger partial charge on any atom is 0.269 e. The van der Waals surface area contributed by atoms with Gasteiger partial charge in [-0.25, -0.2) is 0 Å². The van der Waals surface area contributed by atoms with Crippen LogP contribution in [0.2, 0.25) is 0 Å². The summed E-state index contributed by atoms with van der Waals surface area (Å²) in [5.74, 6) is 1.20. The summed E-state index contributed by atoms with van der Waals surface area (Å²) in [6, 6.07) is 5.36. The molecule has 0 saturated carbocycles. The third-order valence-electron chi connectivity index (χ3n) is 2.09. The summed E-state index contributed by atoms with van der Waals surface area (Å²) in [5.41, 5.74) is 0.282. The van der Waals surface area contributed by atoms with Crippen LogP contribution >= 0.6 is 36.6 Å². The number of benzene rings is 1. The number of carbonyl (C=O) groups is 1. The van der Waals surface area contributed by atoms with Gasteiger partial charge in [0.2, 0.25) is 0 Å². The number of thiol groups is 1. The van der Waals surface area contributed by atoms with Gasteiger partial charge in [0.05, 0.1) is 4.92 Å². The van der Waals surface area contributed by atoms with Gasteiger partial charge >= 0.3 is 0 Å². The van der Waals surface area contributed by atoms with E-state index >= 15 is 0 Å². The summed E-state index contributed by atoms with van der Waals surface area (Å²) >= 11 is 10.5. The van der Waals surface area contributed by atoms with Crippen LogP contribution in [0.15, 0.2) is 24.3 Å². The van der Waals surface area contributed by atoms with Crippen molar-refractivity contribution in [3.05, 3.63) is 39.9 Å². The molecule has 8 heteroatoms. The molecule has 0 aliphatic rings. The Balaban J connectivity index is 2.53. The van der Waals surface area contributed by atoms with Gasteiger partial charge in [-0.05, 0) is 24.3 Å². The highest BCUT2D eigenvalue weighted by atomic mass is 32.2. The number of hydrogen-bond donors (Lipinski definition) is 2. The number of thiocarbonyl (C=S) groups is 1. The van der Waals surface area contributed by atoms with E-state index in [0.717, 1.165) is 17.9 Å². The van der Waals surface area contributed by atoms with Crippen molar-refractivity contribution in [1.29, 1.82) is 0 Å². The Morgan fingerprint density at radius 3 is 2.58 bits per heavy atom. The Hall–Kier alpha value is -1.12. The fraction of sp³-hybridized carbons (Fsp3) is 0.273. The first-order chi connectivity index (χ1) is 9.04. The van der Waals surface area contributed by atoms with Gasteiger partial charge < -0.3 is 5.32 Å². The predicted octanol–water partition coefficient (Wildman–Crippen LogP) is 2.66. The normalized spacial score (nSPS) is 9.95. The second-order valence-electron chi connectivity index (χ2n) is 3.47. The summed E-state index contributed by atoms with van der Waals surface area (Å²) in [5, 5.41) is 13.0. The van der Waals surface area contributed by atoms with Gasteiger partial charge in [0.1, 0.15) is 4.32 Å². The van der Waals surface area contributed by atoms with Crippen molar-refractivity contribution in [1.82, 2.24) is 5.32 Å². The smallest absolute Gasteiger partial charge is 0.269 e. The number of thioether (sulfide) groups is 1. The summed E-state index contributed by atoms with van der Waals surface area (Å²) in [4.78, 5) is 21.7. The van der Waals surface area contributed by atoms with E-state index in [0.29, 0.717) is 9.88 Å². The Labute approximate surface area is 125 Å². The van der Waals surface area contributed by atoms with Crippen LogP contribution in [0.5, 0.6) is 0 Å². The van der Waals surface area contributed by atoms with E-state index in [1.54, 1.807) is 0 Å². The van der Waals surface area contributed by atoms with Gasteiger partial charge in [-0.1, -0.05) is 24.0 Å². The number of non-ortho nitro benzene ring substituents is 1. The molecule has 0 fully saturated rings. The number of rotatable bonds is 5. The van der Waals surface area contributed by atoms with Crippen molar-refractivity contribution in [2.45, 2.75) is 6.42 Å². The Bertz CT molecular complexity index is 477. The van der Waals surface area contributed by atoms with Crippen LogP contribution in [0.1, 0.15) is 16.8 Å². The molecule has 1 amide bonds. The molecule has 0 saturated heterocycles. The lowest BCUT2D eigenvalue weighted by Gasteiger charge is -2.05. The van der Waals surface area contributed by atoms with Crippen LogP contribution < -0.4 is 5.32 Å². The highest BCUT2D eigenvalue weighted by Gasteiger charge is 2.10. The molecule has 1 aromatic carbocycles. The third-order valence-corrected chi connectivity index (χ3v) is 3.72. The third kappa shape index (κ3) is 5.58. The van der Waals surface area contributed by atoms with Gasteiger partial charge in [-0.3, -0.25) is 14.9 Å². The summed E-state index contributed by atoms with van der Waals surface area (Å²) in [7, 11) is 0. The van der Waals surface area contributed by atoms with Gasteiger partial charge in [0.25, 0.3) is 11.6 Å². The molecule has 1 N–H and O–H groups in total. The average molecular weight is 316 g/mol. The molecule has 0 unspecified atom stereocenters. The lowest BCUT2D eigenvalue weighted by atomic mass is 10.2. The number of nitro benzene ring substituents is 1. The van der Waals surface area contributed by atoms with E-state index in [1.807, 2.05) is 0 Å². The van der Waals surface area contributed by atoms with E-state index < -0.39 is 4.92 Å². The molecule has 0 aliphatic heterocycles. The molecule has 1 rings (SSSR count). The van der Waals surface area contributed by atoms with Crippen LogP contribution in [0.3, 0.4) is 0 Å². The highest BCUT2D eigenvalue weighted by Crippen LogP contribution is 2.12. The lowest BCUT2D eigenvalue weighted by Crippen LogP contribution is -2.27. The number of carbonyl (C=O) groups excluding carboxylic acids is 1. The van der Waals surface area contributed by atoms with E-state index in [2.05, 4.69) is 17.9 Å². The lowest BCUT2D eigenvalue weighted by molar-refractivity contribution is -0.384. The number of amides is 1. The minimum absolute atomic E-state index is 0.0534. The van der Waals surface area contributed by atoms with Crippen LogP contribution in [0.25, 0.3) is 0 Å². The number of nitro groups is 1. The minimum atomic E-state index is -0.514. The predicted molar refractivity (Wildman–Crippen MR) is 84.1 cm³/mol. The zero-order valence-electron chi connectivity index (χ0n) is 9.87. The zero-order chi connectivity index (χ0) is 14.3. The van der Waals surface area contributed by atoms with Gasteiger partial charge in [-0.2, -0.15) is 12.6 Å². The highest BCUT2D eigenvalue weighted by molar-refractivity contribution is 8.23. The maximum atomic E-state index is 11.8. The molecule has 0 atom stereocenters. The van der Waals surface area contributed by atoms with E-state index in [9.17, 15) is 14.9 Å². The quantitative estimate of drug-likeness (QED) is 0.287. The molecule has 1 aromatic rings. The van der Waals surface area contributed by atoms with Crippen molar-refractivity contribution in [3.63, 3.8) is 0 Å². The molecule has 0 radical (unpaired) electrons. The fourth-order valence-corrected chi connectivity index (χ4v) is 2.52.